The highest BCUT2D eigenvalue weighted by molar-refractivity contribution is 5.98. The number of hydrogen-bond donors (Lipinski definition) is 2. The number of carbonyl (C=O) groups excluding carboxylic acids is 4. The van der Waals surface area contributed by atoms with Crippen LogP contribution in [0.3, 0.4) is 0 Å². The van der Waals surface area contributed by atoms with Crippen LogP contribution >= 0.6 is 0 Å². The Balaban J connectivity index is 1.30. The molecule has 2 amide bonds. The summed E-state index contributed by atoms with van der Waals surface area (Å²) in [5.41, 5.74) is 4.48. The molecule has 11 heteroatoms. The number of nitrogens with one attached hydrogen (secondary N) is 2. The Morgan fingerprint density at radius 2 is 1.29 bits per heavy atom. The third-order valence-corrected chi connectivity index (χ3v) is 10.3. The van der Waals surface area contributed by atoms with Crippen molar-refractivity contribution in [2.75, 3.05) is 6.61 Å². The molecule has 0 spiro atoms. The number of ether oxygens (including phenoxy) is 3. The van der Waals surface area contributed by atoms with Gasteiger partial charge >= 0.3 is 11.9 Å². The predicted molar refractivity (Wildman–Crippen MR) is 246 cm³/mol. The van der Waals surface area contributed by atoms with E-state index in [4.69, 9.17) is 14.2 Å². The lowest BCUT2D eigenvalue weighted by Gasteiger charge is -2.26. The number of unbranched alkanes of at least 4 members (excludes halogenated alkanes) is 4. The summed E-state index contributed by atoms with van der Waals surface area (Å²) in [4.78, 5) is 63.6. The molecule has 0 aliphatic rings. The van der Waals surface area contributed by atoms with E-state index in [1.165, 1.54) is 25.7 Å². The number of aromatic nitrogens is 2. The number of hydrogen-bond acceptors (Lipinski definition) is 9. The lowest BCUT2D eigenvalue weighted by molar-refractivity contribution is -0.162. The summed E-state index contributed by atoms with van der Waals surface area (Å²) in [6.45, 7) is 14.2. The highest BCUT2D eigenvalue weighted by atomic mass is 16.6. The smallest absolute Gasteiger partial charge is 0.329 e. The molecule has 5 aromatic rings. The van der Waals surface area contributed by atoms with E-state index >= 15 is 0 Å². The Morgan fingerprint density at radius 1 is 0.651 bits per heavy atom. The van der Waals surface area contributed by atoms with Gasteiger partial charge < -0.3 is 24.8 Å². The van der Waals surface area contributed by atoms with Gasteiger partial charge in [-0.05, 0) is 79.1 Å². The average molecular weight is 855 g/mol. The molecule has 0 bridgehead atoms. The van der Waals surface area contributed by atoms with Crippen molar-refractivity contribution in [1.82, 2.24) is 20.6 Å². The summed E-state index contributed by atoms with van der Waals surface area (Å²) in [7, 11) is 0. The molecule has 4 aromatic carbocycles. The molecular formula is C52H62N4O7. The van der Waals surface area contributed by atoms with Crippen LogP contribution in [0.4, 0.5) is 0 Å². The Morgan fingerprint density at radius 3 is 1.90 bits per heavy atom. The van der Waals surface area contributed by atoms with Crippen molar-refractivity contribution in [3.05, 3.63) is 138 Å². The quantitative estimate of drug-likeness (QED) is 0.0577. The standard InChI is InChI=1S/C52H62N4O7/c1-8-9-10-11-15-30-61-43-28-24-38(25-29-43)41-33-53-47(54-34-41)39-20-18-36(19-21-39)31-44(55-48(58)40-22-26-42(27-23-40)51(2,3)4)49(59)56-45(50(60)63-52(5,6)7)32-46(57)62-35-37-16-13-12-14-17-37/h12-14,16-29,33-34,44-45H,8-11,15,30-32,35H2,1-7H3,(H,55,58)(H,56,59)/t44-,45?/m0/s1. The SMILES string of the molecule is CCCCCCCOc1ccc(-c2cnc(-c3ccc(C[C@H](NC(=O)c4ccc(C(C)(C)C)cc4)C(=O)NC(CC(=O)OCc4ccccc4)C(=O)OC(C)(C)C)cc3)nc2)cc1. The van der Waals surface area contributed by atoms with Gasteiger partial charge in [-0.15, -0.1) is 0 Å². The average Bonchev–Trinajstić information content (AvgIpc) is 3.26. The van der Waals surface area contributed by atoms with Crippen LogP contribution < -0.4 is 15.4 Å². The van der Waals surface area contributed by atoms with Crippen molar-refractivity contribution in [2.45, 2.75) is 123 Å². The summed E-state index contributed by atoms with van der Waals surface area (Å²) < 4.78 is 17.0. The molecule has 11 nitrogen and oxygen atoms in total. The van der Waals surface area contributed by atoms with Crippen molar-refractivity contribution < 1.29 is 33.4 Å². The second kappa shape index (κ2) is 22.6. The predicted octanol–water partition coefficient (Wildman–Crippen LogP) is 9.76. The van der Waals surface area contributed by atoms with Gasteiger partial charge in [-0.25, -0.2) is 14.8 Å². The van der Waals surface area contributed by atoms with Crippen LogP contribution in [0.25, 0.3) is 22.5 Å². The highest BCUT2D eigenvalue weighted by Gasteiger charge is 2.32. The van der Waals surface area contributed by atoms with Crippen molar-refractivity contribution in [2.24, 2.45) is 0 Å². The van der Waals surface area contributed by atoms with Gasteiger partial charge in [0.05, 0.1) is 13.0 Å². The van der Waals surface area contributed by atoms with Crippen LogP contribution in [0, 0.1) is 0 Å². The van der Waals surface area contributed by atoms with Gasteiger partial charge in [-0.2, -0.15) is 0 Å². The molecule has 0 saturated heterocycles. The zero-order valence-electron chi connectivity index (χ0n) is 37.7. The molecule has 0 aliphatic heterocycles. The molecule has 0 radical (unpaired) electrons. The monoisotopic (exact) mass is 854 g/mol. The van der Waals surface area contributed by atoms with E-state index in [9.17, 15) is 19.2 Å². The van der Waals surface area contributed by atoms with E-state index < -0.39 is 47.9 Å². The maximum atomic E-state index is 14.2. The zero-order chi connectivity index (χ0) is 45.4. The Kier molecular flexibility index (Phi) is 17.1. The lowest BCUT2D eigenvalue weighted by atomic mass is 9.86. The summed E-state index contributed by atoms with van der Waals surface area (Å²) in [5.74, 6) is -1.30. The first-order chi connectivity index (χ1) is 30.1. The minimum atomic E-state index is -1.38. The van der Waals surface area contributed by atoms with Crippen LogP contribution in [0.15, 0.2) is 116 Å². The molecule has 0 fully saturated rings. The molecular weight excluding hydrogens is 793 g/mol. The van der Waals surface area contributed by atoms with Crippen LogP contribution in [0.1, 0.15) is 114 Å². The first-order valence-electron chi connectivity index (χ1n) is 21.9. The minimum Gasteiger partial charge on any atom is -0.494 e. The van der Waals surface area contributed by atoms with Gasteiger partial charge in [0.25, 0.3) is 5.91 Å². The van der Waals surface area contributed by atoms with E-state index in [0.717, 1.165) is 45.6 Å². The molecule has 63 heavy (non-hydrogen) atoms. The first kappa shape index (κ1) is 47.7. The van der Waals surface area contributed by atoms with E-state index in [1.807, 2.05) is 91.0 Å². The Hall–Kier alpha value is -6.36. The number of carbonyl (C=O) groups is 4. The molecule has 1 aromatic heterocycles. The fraction of sp³-hybridized carbons (Fsp3) is 0.385. The van der Waals surface area contributed by atoms with E-state index in [-0.39, 0.29) is 18.4 Å². The molecule has 0 saturated carbocycles. The number of benzene rings is 4. The molecule has 0 aliphatic carbocycles. The molecule has 2 N–H and O–H groups in total. The van der Waals surface area contributed by atoms with Crippen molar-refractivity contribution in [1.29, 1.82) is 0 Å². The van der Waals surface area contributed by atoms with Gasteiger partial charge in [-0.1, -0.05) is 132 Å². The van der Waals surface area contributed by atoms with Crippen LogP contribution in [-0.4, -0.2) is 58.0 Å². The normalized spacial score (nSPS) is 12.4. The number of nitrogens with zero attached hydrogens (tertiary/aromatic N) is 2. The second-order valence-electron chi connectivity index (χ2n) is 17.8. The van der Waals surface area contributed by atoms with Crippen LogP contribution in [0.5, 0.6) is 5.75 Å². The number of rotatable bonds is 20. The lowest BCUT2D eigenvalue weighted by Crippen LogP contribution is -2.54. The third kappa shape index (κ3) is 15.5. The largest absolute Gasteiger partial charge is 0.494 e. The van der Waals surface area contributed by atoms with Crippen molar-refractivity contribution >= 4 is 23.8 Å². The summed E-state index contributed by atoms with van der Waals surface area (Å²) in [6.07, 6.45) is 9.09. The van der Waals surface area contributed by atoms with Crippen LogP contribution in [-0.2, 0) is 42.3 Å². The first-order valence-corrected chi connectivity index (χ1v) is 21.9. The maximum absolute atomic E-state index is 14.2. The van der Waals surface area contributed by atoms with Crippen LogP contribution in [0.2, 0.25) is 0 Å². The molecule has 1 heterocycles. The van der Waals surface area contributed by atoms with E-state index in [1.54, 1.807) is 45.3 Å². The Labute approximate surface area is 372 Å². The highest BCUT2D eigenvalue weighted by Crippen LogP contribution is 2.25. The zero-order valence-corrected chi connectivity index (χ0v) is 37.7. The topological polar surface area (TPSA) is 146 Å². The van der Waals surface area contributed by atoms with Crippen molar-refractivity contribution in [3.8, 4) is 28.3 Å². The minimum absolute atomic E-state index is 0.00442. The van der Waals surface area contributed by atoms with E-state index in [2.05, 4.69) is 48.3 Å². The van der Waals surface area contributed by atoms with Gasteiger partial charge in [0.1, 0.15) is 30.0 Å². The molecule has 1 unspecified atom stereocenters. The molecule has 332 valence electrons. The van der Waals surface area contributed by atoms with Gasteiger partial charge in [-0.3, -0.25) is 14.4 Å². The van der Waals surface area contributed by atoms with Gasteiger partial charge in [0, 0.05) is 35.5 Å². The van der Waals surface area contributed by atoms with Crippen molar-refractivity contribution in [3.63, 3.8) is 0 Å². The van der Waals surface area contributed by atoms with Gasteiger partial charge in [0.2, 0.25) is 5.91 Å². The second-order valence-corrected chi connectivity index (χ2v) is 17.8. The maximum Gasteiger partial charge on any atom is 0.329 e. The summed E-state index contributed by atoms with van der Waals surface area (Å²) >= 11 is 0. The molecule has 5 rings (SSSR count). The summed E-state index contributed by atoms with van der Waals surface area (Å²) in [5, 5.41) is 5.57. The number of amides is 2. The third-order valence-electron chi connectivity index (χ3n) is 10.3. The Bertz CT molecular complexity index is 2230. The molecule has 2 atom stereocenters. The van der Waals surface area contributed by atoms with Gasteiger partial charge in [0.15, 0.2) is 5.82 Å². The van der Waals surface area contributed by atoms with E-state index in [0.29, 0.717) is 18.0 Å². The fourth-order valence-electron chi connectivity index (χ4n) is 6.67. The fourth-order valence-corrected chi connectivity index (χ4v) is 6.67. The summed E-state index contributed by atoms with van der Waals surface area (Å²) in [6, 6.07) is 29.1. The number of esters is 2.